The van der Waals surface area contributed by atoms with Crippen LogP contribution in [-0.4, -0.2) is 21.2 Å². The lowest BCUT2D eigenvalue weighted by molar-refractivity contribution is 0.277. The smallest absolute Gasteiger partial charge is 0.208 e. The van der Waals surface area contributed by atoms with Crippen LogP contribution in [0.2, 0.25) is 0 Å². The number of rotatable bonds is 7. The van der Waals surface area contributed by atoms with E-state index in [1.807, 2.05) is 0 Å². The van der Waals surface area contributed by atoms with Crippen molar-refractivity contribution in [3.8, 4) is 0 Å². The molecule has 0 aliphatic heterocycles. The number of sulfonamides is 1. The zero-order chi connectivity index (χ0) is 11.2. The molecule has 1 N–H and O–H groups in total. The van der Waals surface area contributed by atoms with Crippen LogP contribution in [0.3, 0.4) is 0 Å². The first kappa shape index (κ1) is 13.9. The molecule has 86 valence electrons. The van der Waals surface area contributed by atoms with Gasteiger partial charge in [0.2, 0.25) is 10.0 Å². The average molecular weight is 221 g/mol. The molecule has 3 nitrogen and oxygen atoms in total. The highest BCUT2D eigenvalue weighted by molar-refractivity contribution is 7.88. The first-order chi connectivity index (χ1) is 6.33. The Kier molecular flexibility index (Phi) is 5.67. The predicted molar refractivity (Wildman–Crippen MR) is 60.8 cm³/mol. The third kappa shape index (κ3) is 6.38. The zero-order valence-electron chi connectivity index (χ0n) is 9.76. The van der Waals surface area contributed by atoms with Gasteiger partial charge in [0, 0.05) is 6.54 Å². The molecule has 0 aromatic carbocycles. The molecule has 0 saturated heterocycles. The molecule has 0 aliphatic carbocycles. The van der Waals surface area contributed by atoms with Crippen LogP contribution in [0.5, 0.6) is 0 Å². The Labute approximate surface area is 88.3 Å². The lowest BCUT2D eigenvalue weighted by Gasteiger charge is -2.28. The molecule has 0 unspecified atom stereocenters. The van der Waals surface area contributed by atoms with E-state index in [9.17, 15) is 8.42 Å². The second-order valence-electron chi connectivity index (χ2n) is 4.36. The van der Waals surface area contributed by atoms with Crippen LogP contribution in [0.15, 0.2) is 0 Å². The van der Waals surface area contributed by atoms with Crippen molar-refractivity contribution in [2.45, 2.75) is 46.5 Å². The van der Waals surface area contributed by atoms with Gasteiger partial charge in [-0.2, -0.15) is 0 Å². The minimum absolute atomic E-state index is 0.110. The maximum Gasteiger partial charge on any atom is 0.208 e. The Balaban J connectivity index is 4.12. The maximum atomic E-state index is 11.0. The molecule has 0 amide bonds. The summed E-state index contributed by atoms with van der Waals surface area (Å²) in [5, 5.41) is 0. The molecule has 0 radical (unpaired) electrons. The van der Waals surface area contributed by atoms with Gasteiger partial charge in [-0.05, 0) is 18.3 Å². The highest BCUT2D eigenvalue weighted by atomic mass is 32.2. The number of hydrogen-bond acceptors (Lipinski definition) is 2. The molecular weight excluding hydrogens is 198 g/mol. The standard InChI is InChI=1S/C10H23NO2S/c1-5-7-8-10(3,6-2)9-11-14(4,12)13/h11H,5-9H2,1-4H3/t10-/m1/s1. The summed E-state index contributed by atoms with van der Waals surface area (Å²) in [6.07, 6.45) is 5.63. The summed E-state index contributed by atoms with van der Waals surface area (Å²) in [5.74, 6) is 0. The van der Waals surface area contributed by atoms with Crippen molar-refractivity contribution >= 4 is 10.0 Å². The van der Waals surface area contributed by atoms with Gasteiger partial charge in [-0.1, -0.05) is 33.6 Å². The zero-order valence-corrected chi connectivity index (χ0v) is 10.6. The molecule has 1 atom stereocenters. The Hall–Kier alpha value is -0.0900. The first-order valence-electron chi connectivity index (χ1n) is 5.27. The van der Waals surface area contributed by atoms with Gasteiger partial charge in [0.05, 0.1) is 6.26 Å². The van der Waals surface area contributed by atoms with E-state index in [0.29, 0.717) is 6.54 Å². The predicted octanol–water partition coefficient (Wildman–Crippen LogP) is 2.14. The van der Waals surface area contributed by atoms with Crippen LogP contribution in [0, 0.1) is 5.41 Å². The van der Waals surface area contributed by atoms with Crippen LogP contribution in [0.4, 0.5) is 0 Å². The van der Waals surface area contributed by atoms with Gasteiger partial charge in [-0.3, -0.25) is 0 Å². The van der Waals surface area contributed by atoms with E-state index < -0.39 is 10.0 Å². The lowest BCUT2D eigenvalue weighted by Crippen LogP contribution is -2.34. The molecule has 0 saturated carbocycles. The molecule has 0 spiro atoms. The van der Waals surface area contributed by atoms with Crippen molar-refractivity contribution in [1.29, 1.82) is 0 Å². The van der Waals surface area contributed by atoms with Gasteiger partial charge in [-0.25, -0.2) is 13.1 Å². The van der Waals surface area contributed by atoms with Crippen molar-refractivity contribution in [3.63, 3.8) is 0 Å². The normalized spacial score (nSPS) is 16.6. The van der Waals surface area contributed by atoms with E-state index in [1.165, 1.54) is 6.26 Å². The lowest BCUT2D eigenvalue weighted by atomic mass is 9.82. The van der Waals surface area contributed by atoms with Crippen LogP contribution in [0.25, 0.3) is 0 Å². The summed E-state index contributed by atoms with van der Waals surface area (Å²) in [6.45, 7) is 6.96. The second-order valence-corrected chi connectivity index (χ2v) is 6.19. The highest BCUT2D eigenvalue weighted by Gasteiger charge is 2.22. The summed E-state index contributed by atoms with van der Waals surface area (Å²) in [6, 6.07) is 0. The van der Waals surface area contributed by atoms with Crippen LogP contribution < -0.4 is 4.72 Å². The van der Waals surface area contributed by atoms with Crippen LogP contribution in [0.1, 0.15) is 46.5 Å². The molecule has 4 heteroatoms. The number of nitrogens with one attached hydrogen (secondary N) is 1. The average Bonchev–Trinajstić information content (AvgIpc) is 2.10. The van der Waals surface area contributed by atoms with Gasteiger partial charge in [-0.15, -0.1) is 0 Å². The molecule has 0 aliphatic rings. The third-order valence-corrected chi connectivity index (χ3v) is 3.42. The monoisotopic (exact) mass is 221 g/mol. The molecule has 0 rings (SSSR count). The summed E-state index contributed by atoms with van der Waals surface area (Å²) in [7, 11) is -3.04. The third-order valence-electron chi connectivity index (χ3n) is 2.75. The van der Waals surface area contributed by atoms with Gasteiger partial charge in [0.25, 0.3) is 0 Å². The number of unbranched alkanes of at least 4 members (excludes halogenated alkanes) is 1. The van der Waals surface area contributed by atoms with Crippen molar-refractivity contribution in [2.24, 2.45) is 5.41 Å². The van der Waals surface area contributed by atoms with Gasteiger partial charge < -0.3 is 0 Å². The van der Waals surface area contributed by atoms with E-state index in [1.54, 1.807) is 0 Å². The molecule has 0 heterocycles. The van der Waals surface area contributed by atoms with Gasteiger partial charge >= 0.3 is 0 Å². The van der Waals surface area contributed by atoms with Crippen LogP contribution in [-0.2, 0) is 10.0 Å². The van der Waals surface area contributed by atoms with Crippen molar-refractivity contribution in [1.82, 2.24) is 4.72 Å². The number of hydrogen-bond donors (Lipinski definition) is 1. The largest absolute Gasteiger partial charge is 0.215 e. The Morgan fingerprint density at radius 1 is 1.29 bits per heavy atom. The topological polar surface area (TPSA) is 46.2 Å². The Bertz CT molecular complexity index is 249. The molecular formula is C10H23NO2S. The minimum atomic E-state index is -3.04. The van der Waals surface area contributed by atoms with Crippen molar-refractivity contribution in [3.05, 3.63) is 0 Å². The fraction of sp³-hybridized carbons (Fsp3) is 1.00. The summed E-state index contributed by atoms with van der Waals surface area (Å²) in [4.78, 5) is 0. The molecule has 0 fully saturated rings. The Morgan fingerprint density at radius 2 is 1.86 bits per heavy atom. The SMILES string of the molecule is CCCC[C@@](C)(CC)CNS(C)(=O)=O. The molecule has 0 bridgehead atoms. The van der Waals surface area contributed by atoms with E-state index >= 15 is 0 Å². The van der Waals surface area contributed by atoms with Crippen molar-refractivity contribution < 1.29 is 8.42 Å². The van der Waals surface area contributed by atoms with E-state index in [-0.39, 0.29) is 5.41 Å². The van der Waals surface area contributed by atoms with Crippen LogP contribution >= 0.6 is 0 Å². The van der Waals surface area contributed by atoms with Crippen molar-refractivity contribution in [2.75, 3.05) is 12.8 Å². The van der Waals surface area contributed by atoms with Gasteiger partial charge in [0.1, 0.15) is 0 Å². The van der Waals surface area contributed by atoms with E-state index in [0.717, 1.165) is 25.7 Å². The fourth-order valence-electron chi connectivity index (χ4n) is 1.30. The quantitative estimate of drug-likeness (QED) is 0.716. The second kappa shape index (κ2) is 5.71. The highest BCUT2D eigenvalue weighted by Crippen LogP contribution is 2.27. The fourth-order valence-corrected chi connectivity index (χ4v) is 1.91. The summed E-state index contributed by atoms with van der Waals surface area (Å²) >= 11 is 0. The maximum absolute atomic E-state index is 11.0. The first-order valence-corrected chi connectivity index (χ1v) is 7.17. The Morgan fingerprint density at radius 3 is 2.21 bits per heavy atom. The molecule has 0 aromatic heterocycles. The molecule has 0 aromatic rings. The minimum Gasteiger partial charge on any atom is -0.215 e. The summed E-state index contributed by atoms with van der Waals surface area (Å²) < 4.78 is 24.5. The summed E-state index contributed by atoms with van der Waals surface area (Å²) in [5.41, 5.74) is 0.110. The van der Waals surface area contributed by atoms with E-state index in [2.05, 4.69) is 25.5 Å². The van der Waals surface area contributed by atoms with E-state index in [4.69, 9.17) is 0 Å². The van der Waals surface area contributed by atoms with Gasteiger partial charge in [0.15, 0.2) is 0 Å². The molecule has 14 heavy (non-hydrogen) atoms.